The second-order valence-electron chi connectivity index (χ2n) is 9.15. The Morgan fingerprint density at radius 1 is 0.907 bits per heavy atom. The fourth-order valence-electron chi connectivity index (χ4n) is 3.87. The summed E-state index contributed by atoms with van der Waals surface area (Å²) < 4.78 is 14.4. The standard InChI is InChI=1S/C32H25FN4O3S3/c1-20(29(38)37-32-36-27(19-42-32)28-15-8-16-41-28)43-24-13-7-12-23(18-24)34-31(40)26(17-22-11-5-6-14-25(22)33)35-30(39)21-9-3-2-4-10-21/h2-20H,1H3,(H,34,40)(H,35,39)(H,36,37,38)/b26-17-. The van der Waals surface area contributed by atoms with Crippen LogP contribution in [0.3, 0.4) is 0 Å². The minimum atomic E-state index is -0.634. The van der Waals surface area contributed by atoms with Gasteiger partial charge in [0.1, 0.15) is 11.5 Å². The number of anilines is 2. The highest BCUT2D eigenvalue weighted by atomic mass is 32.2. The molecule has 0 aliphatic heterocycles. The Morgan fingerprint density at radius 3 is 2.47 bits per heavy atom. The molecule has 0 saturated heterocycles. The molecule has 1 atom stereocenters. The molecule has 7 nitrogen and oxygen atoms in total. The monoisotopic (exact) mass is 628 g/mol. The fraction of sp³-hybridized carbons (Fsp3) is 0.0625. The topological polar surface area (TPSA) is 100 Å². The SMILES string of the molecule is CC(Sc1cccc(NC(=O)/C(=C/c2ccccc2F)NC(=O)c2ccccc2)c1)C(=O)Nc1nc(-c2cccs2)cs1. The van der Waals surface area contributed by atoms with Crippen LogP contribution in [0.4, 0.5) is 15.2 Å². The van der Waals surface area contributed by atoms with Crippen LogP contribution in [0, 0.1) is 5.82 Å². The van der Waals surface area contributed by atoms with E-state index in [-0.39, 0.29) is 17.2 Å². The lowest BCUT2D eigenvalue weighted by Gasteiger charge is -2.14. The maximum absolute atomic E-state index is 14.4. The number of thiazole rings is 1. The van der Waals surface area contributed by atoms with Crippen molar-refractivity contribution in [3.05, 3.63) is 124 Å². The molecule has 0 spiro atoms. The molecule has 2 heterocycles. The van der Waals surface area contributed by atoms with Crippen LogP contribution < -0.4 is 16.0 Å². The molecule has 5 rings (SSSR count). The smallest absolute Gasteiger partial charge is 0.272 e. The van der Waals surface area contributed by atoms with Crippen LogP contribution in [0.25, 0.3) is 16.6 Å². The van der Waals surface area contributed by atoms with Crippen LogP contribution in [-0.4, -0.2) is 28.0 Å². The van der Waals surface area contributed by atoms with E-state index in [0.717, 1.165) is 15.5 Å². The largest absolute Gasteiger partial charge is 0.321 e. The molecule has 0 aliphatic carbocycles. The first-order valence-electron chi connectivity index (χ1n) is 13.1. The summed E-state index contributed by atoms with van der Waals surface area (Å²) in [5, 5.41) is 12.2. The Kier molecular flexibility index (Phi) is 9.77. The van der Waals surface area contributed by atoms with Crippen molar-refractivity contribution in [2.45, 2.75) is 17.1 Å². The van der Waals surface area contributed by atoms with Gasteiger partial charge in [0.15, 0.2) is 5.13 Å². The molecule has 1 unspecified atom stereocenters. The third-order valence-electron chi connectivity index (χ3n) is 6.02. The summed E-state index contributed by atoms with van der Waals surface area (Å²) >= 11 is 4.27. The van der Waals surface area contributed by atoms with E-state index in [1.54, 1.807) is 78.9 Å². The minimum absolute atomic E-state index is 0.130. The summed E-state index contributed by atoms with van der Waals surface area (Å²) in [6.45, 7) is 1.79. The summed E-state index contributed by atoms with van der Waals surface area (Å²) in [5.41, 5.74) is 1.63. The lowest BCUT2D eigenvalue weighted by molar-refractivity contribution is -0.115. The summed E-state index contributed by atoms with van der Waals surface area (Å²) in [6, 6.07) is 25.3. The van der Waals surface area contributed by atoms with E-state index in [1.807, 2.05) is 29.0 Å². The lowest BCUT2D eigenvalue weighted by atomic mass is 10.1. The number of thioether (sulfide) groups is 1. The summed E-state index contributed by atoms with van der Waals surface area (Å²) in [7, 11) is 0. The maximum Gasteiger partial charge on any atom is 0.272 e. The first-order chi connectivity index (χ1) is 20.9. The van der Waals surface area contributed by atoms with Gasteiger partial charge in [0, 0.05) is 27.1 Å². The number of aromatic nitrogens is 1. The summed E-state index contributed by atoms with van der Waals surface area (Å²) in [6.07, 6.45) is 1.29. The van der Waals surface area contributed by atoms with Crippen molar-refractivity contribution in [2.24, 2.45) is 0 Å². The molecule has 0 bridgehead atoms. The molecule has 3 N–H and O–H groups in total. The molecule has 43 heavy (non-hydrogen) atoms. The molecule has 0 aliphatic rings. The quantitative estimate of drug-likeness (QED) is 0.110. The van der Waals surface area contributed by atoms with Gasteiger partial charge in [0.2, 0.25) is 5.91 Å². The van der Waals surface area contributed by atoms with Gasteiger partial charge >= 0.3 is 0 Å². The first kappa shape index (κ1) is 29.9. The second-order valence-corrected chi connectivity index (χ2v) is 12.4. The van der Waals surface area contributed by atoms with Crippen molar-refractivity contribution in [1.29, 1.82) is 0 Å². The van der Waals surface area contributed by atoms with Crippen LogP contribution in [-0.2, 0) is 9.59 Å². The van der Waals surface area contributed by atoms with E-state index in [9.17, 15) is 18.8 Å². The fourth-order valence-corrected chi connectivity index (χ4v) is 6.27. The number of rotatable bonds is 10. The summed E-state index contributed by atoms with van der Waals surface area (Å²) in [4.78, 5) is 45.3. The Bertz CT molecular complexity index is 1770. The predicted molar refractivity (Wildman–Crippen MR) is 173 cm³/mol. The number of benzene rings is 3. The van der Waals surface area contributed by atoms with Crippen molar-refractivity contribution >= 4 is 69.1 Å². The average Bonchev–Trinajstić information content (AvgIpc) is 3.71. The molecular formula is C32H25FN4O3S3. The van der Waals surface area contributed by atoms with Gasteiger partial charge in [-0.25, -0.2) is 9.37 Å². The molecule has 5 aromatic rings. The van der Waals surface area contributed by atoms with Gasteiger partial charge in [-0.15, -0.1) is 34.4 Å². The van der Waals surface area contributed by atoms with E-state index in [2.05, 4.69) is 20.9 Å². The highest BCUT2D eigenvalue weighted by Crippen LogP contribution is 2.30. The number of thiophene rings is 1. The van der Waals surface area contributed by atoms with E-state index in [4.69, 9.17) is 0 Å². The second kappa shape index (κ2) is 14.1. The average molecular weight is 629 g/mol. The number of halogens is 1. The van der Waals surface area contributed by atoms with E-state index in [0.29, 0.717) is 16.4 Å². The van der Waals surface area contributed by atoms with Crippen molar-refractivity contribution in [3.63, 3.8) is 0 Å². The van der Waals surface area contributed by atoms with Crippen LogP contribution in [0.1, 0.15) is 22.8 Å². The van der Waals surface area contributed by atoms with Crippen LogP contribution in [0.2, 0.25) is 0 Å². The van der Waals surface area contributed by atoms with Crippen LogP contribution in [0.15, 0.2) is 112 Å². The number of amides is 3. The van der Waals surface area contributed by atoms with Crippen LogP contribution in [0.5, 0.6) is 0 Å². The number of nitrogens with one attached hydrogen (secondary N) is 3. The van der Waals surface area contributed by atoms with Crippen molar-refractivity contribution in [1.82, 2.24) is 10.3 Å². The van der Waals surface area contributed by atoms with Gasteiger partial charge in [-0.1, -0.05) is 48.5 Å². The number of nitrogens with zero attached hydrogens (tertiary/aromatic N) is 1. The van der Waals surface area contributed by atoms with Gasteiger partial charge in [-0.2, -0.15) is 0 Å². The van der Waals surface area contributed by atoms with Crippen molar-refractivity contribution in [3.8, 4) is 10.6 Å². The summed E-state index contributed by atoms with van der Waals surface area (Å²) in [5.74, 6) is -1.88. The number of hydrogen-bond acceptors (Lipinski definition) is 7. The molecule has 2 aromatic heterocycles. The van der Waals surface area contributed by atoms with E-state index < -0.39 is 22.9 Å². The lowest BCUT2D eigenvalue weighted by Crippen LogP contribution is -2.30. The molecule has 3 amide bonds. The minimum Gasteiger partial charge on any atom is -0.321 e. The van der Waals surface area contributed by atoms with Crippen molar-refractivity contribution < 1.29 is 18.8 Å². The molecule has 0 fully saturated rings. The first-order valence-corrected chi connectivity index (χ1v) is 15.7. The van der Waals surface area contributed by atoms with Gasteiger partial charge in [-0.05, 0) is 60.8 Å². The molecule has 11 heteroatoms. The van der Waals surface area contributed by atoms with Gasteiger partial charge in [-0.3, -0.25) is 14.4 Å². The van der Waals surface area contributed by atoms with E-state index in [1.165, 1.54) is 41.3 Å². The Hall–Kier alpha value is -4.58. The van der Waals surface area contributed by atoms with Crippen molar-refractivity contribution in [2.75, 3.05) is 10.6 Å². The third-order valence-corrected chi connectivity index (χ3v) is 8.76. The zero-order valence-corrected chi connectivity index (χ0v) is 25.2. The highest BCUT2D eigenvalue weighted by molar-refractivity contribution is 8.00. The number of hydrogen-bond donors (Lipinski definition) is 3. The molecule has 0 saturated carbocycles. The zero-order valence-electron chi connectivity index (χ0n) is 22.7. The Morgan fingerprint density at radius 2 is 1.70 bits per heavy atom. The molecule has 0 radical (unpaired) electrons. The predicted octanol–water partition coefficient (Wildman–Crippen LogP) is 7.54. The number of carbonyl (C=O) groups is 3. The number of carbonyl (C=O) groups excluding carboxylic acids is 3. The van der Waals surface area contributed by atoms with Crippen LogP contribution >= 0.6 is 34.4 Å². The van der Waals surface area contributed by atoms with Gasteiger partial charge in [0.25, 0.3) is 11.8 Å². The Labute approximate surface area is 259 Å². The van der Waals surface area contributed by atoms with E-state index >= 15 is 0 Å². The third kappa shape index (κ3) is 8.04. The Balaban J connectivity index is 1.26. The molecular weight excluding hydrogens is 604 g/mol. The molecule has 216 valence electrons. The molecule has 3 aromatic carbocycles. The van der Waals surface area contributed by atoms with Gasteiger partial charge < -0.3 is 16.0 Å². The highest BCUT2D eigenvalue weighted by Gasteiger charge is 2.19. The maximum atomic E-state index is 14.4. The van der Waals surface area contributed by atoms with Gasteiger partial charge in [0.05, 0.1) is 15.8 Å². The normalized spacial score (nSPS) is 11.9. The zero-order chi connectivity index (χ0) is 30.2.